The summed E-state index contributed by atoms with van der Waals surface area (Å²) in [6.45, 7) is 3.99. The minimum atomic E-state index is -0.0351. The molecule has 146 valence electrons. The third-order valence-electron chi connectivity index (χ3n) is 5.25. The van der Waals surface area contributed by atoms with Crippen LogP contribution in [0.2, 0.25) is 0 Å². The van der Waals surface area contributed by atoms with Crippen LogP contribution >= 0.6 is 0 Å². The highest BCUT2D eigenvalue weighted by Crippen LogP contribution is 2.33. The van der Waals surface area contributed by atoms with E-state index in [-0.39, 0.29) is 5.91 Å². The zero-order valence-corrected chi connectivity index (χ0v) is 16.9. The first-order chi connectivity index (χ1) is 14.6. The van der Waals surface area contributed by atoms with Crippen molar-refractivity contribution in [3.63, 3.8) is 0 Å². The fourth-order valence-electron chi connectivity index (χ4n) is 3.65. The Morgan fingerprint density at radius 1 is 1.17 bits per heavy atom. The molecule has 2 aromatic carbocycles. The van der Waals surface area contributed by atoms with Crippen LogP contribution in [0.4, 0.5) is 17.2 Å². The van der Waals surface area contributed by atoms with Gasteiger partial charge in [0.05, 0.1) is 18.2 Å². The monoisotopic (exact) mass is 392 g/mol. The molecular formula is C25H20N4O. The van der Waals surface area contributed by atoms with Crippen molar-refractivity contribution in [1.29, 1.82) is 5.26 Å². The third kappa shape index (κ3) is 3.50. The SMILES string of the molecule is CC#CCN1C(=O)c2ccccc2Cc2cc(Nc3nccc(C#N)c3C)ccc21. The Kier molecular flexibility index (Phi) is 5.20. The van der Waals surface area contributed by atoms with E-state index in [0.29, 0.717) is 29.9 Å². The van der Waals surface area contributed by atoms with Crippen molar-refractivity contribution < 1.29 is 4.79 Å². The molecule has 1 aliphatic heterocycles. The van der Waals surface area contributed by atoms with Crippen LogP contribution in [0.1, 0.15) is 39.5 Å². The number of carbonyl (C=O) groups excluding carboxylic acids is 1. The van der Waals surface area contributed by atoms with Gasteiger partial charge in [-0.05, 0) is 55.3 Å². The van der Waals surface area contributed by atoms with Crippen LogP contribution < -0.4 is 10.2 Å². The van der Waals surface area contributed by atoms with Gasteiger partial charge < -0.3 is 5.32 Å². The normalized spacial score (nSPS) is 12.0. The van der Waals surface area contributed by atoms with Crippen molar-refractivity contribution in [3.05, 3.63) is 82.5 Å². The van der Waals surface area contributed by atoms with Gasteiger partial charge in [0.15, 0.2) is 0 Å². The van der Waals surface area contributed by atoms with Gasteiger partial charge in [-0.25, -0.2) is 4.98 Å². The second-order valence-electron chi connectivity index (χ2n) is 7.06. The van der Waals surface area contributed by atoms with Crippen molar-refractivity contribution in [2.75, 3.05) is 16.8 Å². The zero-order chi connectivity index (χ0) is 21.1. The minimum Gasteiger partial charge on any atom is -0.340 e. The molecule has 0 aliphatic carbocycles. The predicted octanol–water partition coefficient (Wildman–Crippen LogP) is 4.58. The van der Waals surface area contributed by atoms with E-state index in [9.17, 15) is 10.1 Å². The highest BCUT2D eigenvalue weighted by atomic mass is 16.2. The second-order valence-corrected chi connectivity index (χ2v) is 7.06. The number of amides is 1. The predicted molar refractivity (Wildman–Crippen MR) is 118 cm³/mol. The molecular weight excluding hydrogens is 372 g/mol. The van der Waals surface area contributed by atoms with E-state index >= 15 is 0 Å². The molecule has 5 nitrogen and oxygen atoms in total. The highest BCUT2D eigenvalue weighted by molar-refractivity contribution is 6.09. The largest absolute Gasteiger partial charge is 0.340 e. The number of nitrogens with zero attached hydrogens (tertiary/aromatic N) is 3. The molecule has 0 atom stereocenters. The smallest absolute Gasteiger partial charge is 0.259 e. The summed E-state index contributed by atoms with van der Waals surface area (Å²) in [5, 5.41) is 12.6. The van der Waals surface area contributed by atoms with Crippen molar-refractivity contribution in [1.82, 2.24) is 4.98 Å². The van der Waals surface area contributed by atoms with E-state index in [2.05, 4.69) is 28.2 Å². The van der Waals surface area contributed by atoms with Crippen molar-refractivity contribution >= 4 is 23.1 Å². The Hall–Kier alpha value is -4.09. The molecule has 1 aromatic heterocycles. The summed E-state index contributed by atoms with van der Waals surface area (Å²) in [4.78, 5) is 19.3. The lowest BCUT2D eigenvalue weighted by Gasteiger charge is -2.21. The number of hydrogen-bond donors (Lipinski definition) is 1. The van der Waals surface area contributed by atoms with Crippen molar-refractivity contribution in [2.24, 2.45) is 0 Å². The molecule has 1 N–H and O–H groups in total. The summed E-state index contributed by atoms with van der Waals surface area (Å²) in [6.07, 6.45) is 2.27. The first kappa shape index (κ1) is 19.2. The van der Waals surface area contributed by atoms with Crippen LogP contribution in [0.25, 0.3) is 0 Å². The number of carbonyl (C=O) groups is 1. The van der Waals surface area contributed by atoms with Gasteiger partial charge in [-0.1, -0.05) is 24.1 Å². The van der Waals surface area contributed by atoms with E-state index in [1.54, 1.807) is 24.1 Å². The number of hydrogen-bond acceptors (Lipinski definition) is 4. The maximum atomic E-state index is 13.2. The fourth-order valence-corrected chi connectivity index (χ4v) is 3.65. The summed E-state index contributed by atoms with van der Waals surface area (Å²) < 4.78 is 0. The second kappa shape index (κ2) is 8.11. The molecule has 5 heteroatoms. The maximum absolute atomic E-state index is 13.2. The maximum Gasteiger partial charge on any atom is 0.259 e. The summed E-state index contributed by atoms with van der Waals surface area (Å²) in [5.41, 5.74) is 5.84. The summed E-state index contributed by atoms with van der Waals surface area (Å²) in [5.74, 6) is 6.51. The zero-order valence-electron chi connectivity index (χ0n) is 16.9. The summed E-state index contributed by atoms with van der Waals surface area (Å²) >= 11 is 0. The molecule has 2 heterocycles. The molecule has 1 amide bonds. The Balaban J connectivity index is 1.77. The van der Waals surface area contributed by atoms with E-state index in [1.807, 2.05) is 49.4 Å². The van der Waals surface area contributed by atoms with Gasteiger partial charge in [-0.2, -0.15) is 5.26 Å². The number of anilines is 3. The van der Waals surface area contributed by atoms with Gasteiger partial charge in [-0.3, -0.25) is 9.69 Å². The number of benzene rings is 2. The lowest BCUT2D eigenvalue weighted by Crippen LogP contribution is -2.31. The first-order valence-electron chi connectivity index (χ1n) is 9.67. The van der Waals surface area contributed by atoms with Crippen molar-refractivity contribution in [2.45, 2.75) is 20.3 Å². The lowest BCUT2D eigenvalue weighted by atomic mass is 10.00. The Morgan fingerprint density at radius 3 is 2.80 bits per heavy atom. The third-order valence-corrected chi connectivity index (χ3v) is 5.25. The van der Waals surface area contributed by atoms with Crippen molar-refractivity contribution in [3.8, 4) is 17.9 Å². The van der Waals surface area contributed by atoms with E-state index in [1.165, 1.54) is 0 Å². The molecule has 0 unspecified atom stereocenters. The molecule has 0 radical (unpaired) electrons. The standard InChI is InChI=1S/C25H20N4O/c1-3-4-13-29-23-10-9-21(28-24-17(2)19(16-26)11-12-27-24)15-20(23)14-18-7-5-6-8-22(18)25(29)30/h5-12,15H,13-14H2,1-2H3,(H,27,28). The Bertz CT molecular complexity index is 1240. The molecule has 3 aromatic rings. The molecule has 0 spiro atoms. The summed E-state index contributed by atoms with van der Waals surface area (Å²) in [6, 6.07) is 17.5. The van der Waals surface area contributed by atoms with Gasteiger partial charge in [0.1, 0.15) is 5.82 Å². The number of fused-ring (bicyclic) bond motifs is 2. The first-order valence-corrected chi connectivity index (χ1v) is 9.67. The minimum absolute atomic E-state index is 0.0351. The van der Waals surface area contributed by atoms with Crippen LogP contribution in [-0.4, -0.2) is 17.4 Å². The van der Waals surface area contributed by atoms with Gasteiger partial charge >= 0.3 is 0 Å². The number of nitrogens with one attached hydrogen (secondary N) is 1. The number of rotatable bonds is 3. The van der Waals surface area contributed by atoms with Gasteiger partial charge in [0.25, 0.3) is 5.91 Å². The van der Waals surface area contributed by atoms with Crippen LogP contribution in [0.3, 0.4) is 0 Å². The molecule has 4 rings (SSSR count). The molecule has 0 fully saturated rings. The highest BCUT2D eigenvalue weighted by Gasteiger charge is 2.26. The molecule has 0 bridgehead atoms. The Morgan fingerprint density at radius 2 is 2.00 bits per heavy atom. The van der Waals surface area contributed by atoms with E-state index in [4.69, 9.17) is 0 Å². The average Bonchev–Trinajstić information content (AvgIpc) is 2.87. The topological polar surface area (TPSA) is 69.0 Å². The quantitative estimate of drug-likeness (QED) is 0.663. The fraction of sp³-hybridized carbons (Fsp3) is 0.160. The van der Waals surface area contributed by atoms with Gasteiger partial charge in [0.2, 0.25) is 0 Å². The molecule has 0 saturated heterocycles. The Labute approximate surface area is 176 Å². The number of aromatic nitrogens is 1. The van der Waals surface area contributed by atoms with Crippen LogP contribution in [-0.2, 0) is 6.42 Å². The van der Waals surface area contributed by atoms with E-state index in [0.717, 1.165) is 28.1 Å². The van der Waals surface area contributed by atoms with Crippen LogP contribution in [0.5, 0.6) is 0 Å². The van der Waals surface area contributed by atoms with Gasteiger partial charge in [0, 0.05) is 35.1 Å². The van der Waals surface area contributed by atoms with Crippen LogP contribution in [0.15, 0.2) is 54.7 Å². The van der Waals surface area contributed by atoms with E-state index < -0.39 is 0 Å². The molecule has 0 saturated carbocycles. The lowest BCUT2D eigenvalue weighted by molar-refractivity contribution is 0.0990. The average molecular weight is 392 g/mol. The van der Waals surface area contributed by atoms with Crippen LogP contribution in [0, 0.1) is 30.1 Å². The molecule has 1 aliphatic rings. The molecule has 30 heavy (non-hydrogen) atoms. The van der Waals surface area contributed by atoms with Gasteiger partial charge in [-0.15, -0.1) is 5.92 Å². The summed E-state index contributed by atoms with van der Waals surface area (Å²) in [7, 11) is 0. The number of nitriles is 1. The number of pyridine rings is 1.